The zero-order valence-corrected chi connectivity index (χ0v) is 15.4. The highest BCUT2D eigenvalue weighted by Gasteiger charge is 2.32. The van der Waals surface area contributed by atoms with Gasteiger partial charge in [-0.25, -0.2) is 0 Å². The summed E-state index contributed by atoms with van der Waals surface area (Å²) >= 11 is 0. The van der Waals surface area contributed by atoms with Crippen LogP contribution in [0.1, 0.15) is 30.4 Å². The van der Waals surface area contributed by atoms with Gasteiger partial charge in [-0.1, -0.05) is 18.2 Å². The van der Waals surface area contributed by atoms with Crippen molar-refractivity contribution in [2.24, 2.45) is 0 Å². The Morgan fingerprint density at radius 2 is 1.73 bits per heavy atom. The van der Waals surface area contributed by atoms with Crippen LogP contribution in [0.15, 0.2) is 42.5 Å². The van der Waals surface area contributed by atoms with Gasteiger partial charge < -0.3 is 14.6 Å². The Morgan fingerprint density at radius 3 is 2.46 bits per heavy atom. The molecule has 0 saturated carbocycles. The summed E-state index contributed by atoms with van der Waals surface area (Å²) in [6, 6.07) is 14.7. The molecule has 0 spiro atoms. The van der Waals surface area contributed by atoms with Crippen LogP contribution in [-0.4, -0.2) is 43.4 Å². The van der Waals surface area contributed by atoms with Gasteiger partial charge in [0.25, 0.3) is 0 Å². The molecular formula is C22H25NO3. The number of nitrogens with zero attached hydrogens (tertiary/aromatic N) is 1. The van der Waals surface area contributed by atoms with Crippen LogP contribution in [0.5, 0.6) is 17.2 Å². The predicted molar refractivity (Wildman–Crippen MR) is 104 cm³/mol. The van der Waals surface area contributed by atoms with Gasteiger partial charge in [-0.15, -0.1) is 0 Å². The fraction of sp³-hybridized carbons (Fsp3) is 0.364. The molecule has 4 nitrogen and oxygen atoms in total. The van der Waals surface area contributed by atoms with Gasteiger partial charge in [-0.05, 0) is 72.3 Å². The molecule has 1 N–H and O–H groups in total. The van der Waals surface area contributed by atoms with E-state index in [9.17, 15) is 5.11 Å². The summed E-state index contributed by atoms with van der Waals surface area (Å²) in [6.07, 6.45) is 3.60. The first kappa shape index (κ1) is 17.0. The van der Waals surface area contributed by atoms with Crippen molar-refractivity contribution in [1.82, 2.24) is 4.90 Å². The molecule has 0 bridgehead atoms. The summed E-state index contributed by atoms with van der Waals surface area (Å²) in [5.41, 5.74) is 5.09. The van der Waals surface area contributed by atoms with Crippen LogP contribution in [0.25, 0.3) is 11.1 Å². The van der Waals surface area contributed by atoms with Crippen molar-refractivity contribution in [2.45, 2.75) is 25.3 Å². The van der Waals surface area contributed by atoms with Crippen molar-refractivity contribution in [2.75, 3.05) is 27.3 Å². The fourth-order valence-corrected chi connectivity index (χ4v) is 4.21. The van der Waals surface area contributed by atoms with Gasteiger partial charge in [0.15, 0.2) is 11.5 Å². The van der Waals surface area contributed by atoms with E-state index in [0.29, 0.717) is 11.8 Å². The van der Waals surface area contributed by atoms with Gasteiger partial charge in [0.05, 0.1) is 14.2 Å². The van der Waals surface area contributed by atoms with E-state index in [1.165, 1.54) is 36.1 Å². The normalized spacial score (nSPS) is 20.2. The van der Waals surface area contributed by atoms with E-state index < -0.39 is 0 Å². The van der Waals surface area contributed by atoms with Crippen molar-refractivity contribution >= 4 is 11.1 Å². The van der Waals surface area contributed by atoms with E-state index in [1.54, 1.807) is 20.3 Å². The van der Waals surface area contributed by atoms with Gasteiger partial charge in [0.2, 0.25) is 0 Å². The summed E-state index contributed by atoms with van der Waals surface area (Å²) < 4.78 is 10.6. The summed E-state index contributed by atoms with van der Waals surface area (Å²) in [7, 11) is 3.29. The van der Waals surface area contributed by atoms with Crippen molar-refractivity contribution in [3.8, 4) is 17.2 Å². The Labute approximate surface area is 154 Å². The molecule has 0 unspecified atom stereocenters. The molecule has 2 aromatic carbocycles. The first-order valence-corrected chi connectivity index (χ1v) is 9.17. The quantitative estimate of drug-likeness (QED) is 0.897. The maximum atomic E-state index is 9.96. The Kier molecular flexibility index (Phi) is 4.60. The van der Waals surface area contributed by atoms with Gasteiger partial charge >= 0.3 is 0 Å². The lowest BCUT2D eigenvalue weighted by Crippen LogP contribution is -2.35. The van der Waals surface area contributed by atoms with E-state index in [2.05, 4.69) is 17.0 Å². The molecule has 0 amide bonds. The summed E-state index contributed by atoms with van der Waals surface area (Å²) in [5.74, 6) is 1.57. The Bertz CT molecular complexity index is 826. The zero-order valence-electron chi connectivity index (χ0n) is 15.4. The number of ether oxygens (including phenoxy) is 2. The lowest BCUT2D eigenvalue weighted by molar-refractivity contribution is 0.280. The first-order chi connectivity index (χ1) is 12.7. The molecule has 2 heterocycles. The standard InChI is InChI=1S/C22H25NO3/c1-25-18-8-5-15(6-9-18)19-13-17-4-3-11-23(17)14-20(19)16-7-10-21(24)22(12-16)26-2/h5-10,12,17,24H,3-4,11,13-14H2,1-2H3/t17-/m1/s1. The molecule has 26 heavy (non-hydrogen) atoms. The molecule has 2 aliphatic rings. The summed E-state index contributed by atoms with van der Waals surface area (Å²) in [6.45, 7) is 2.11. The second kappa shape index (κ2) is 7.04. The van der Waals surface area contributed by atoms with Crippen LogP contribution < -0.4 is 9.47 Å². The third kappa shape index (κ3) is 3.06. The van der Waals surface area contributed by atoms with E-state index in [4.69, 9.17) is 9.47 Å². The third-order valence-corrected chi connectivity index (χ3v) is 5.63. The number of hydrogen-bond donors (Lipinski definition) is 1. The SMILES string of the molecule is COc1ccc(C2=C(c3ccc(O)c(OC)c3)CN3CCC[C@@H]3C2)cc1. The predicted octanol–water partition coefficient (Wildman–Crippen LogP) is 4.19. The third-order valence-electron chi connectivity index (χ3n) is 5.63. The monoisotopic (exact) mass is 351 g/mol. The first-order valence-electron chi connectivity index (χ1n) is 9.17. The number of fused-ring (bicyclic) bond motifs is 1. The number of aromatic hydroxyl groups is 1. The largest absolute Gasteiger partial charge is 0.504 e. The topological polar surface area (TPSA) is 41.9 Å². The number of benzene rings is 2. The van der Waals surface area contributed by atoms with E-state index in [-0.39, 0.29) is 5.75 Å². The lowest BCUT2D eigenvalue weighted by Gasteiger charge is -2.34. The molecule has 1 atom stereocenters. The van der Waals surface area contributed by atoms with E-state index in [1.807, 2.05) is 24.3 Å². The molecule has 4 heteroatoms. The second-order valence-electron chi connectivity index (χ2n) is 7.04. The van der Waals surface area contributed by atoms with Crippen LogP contribution in [0.2, 0.25) is 0 Å². The van der Waals surface area contributed by atoms with Crippen LogP contribution >= 0.6 is 0 Å². The van der Waals surface area contributed by atoms with Crippen molar-refractivity contribution in [3.63, 3.8) is 0 Å². The molecule has 2 aromatic rings. The van der Waals surface area contributed by atoms with Crippen LogP contribution in [-0.2, 0) is 0 Å². The van der Waals surface area contributed by atoms with E-state index in [0.717, 1.165) is 24.3 Å². The molecule has 0 aliphatic carbocycles. The van der Waals surface area contributed by atoms with Gasteiger partial charge in [0.1, 0.15) is 5.75 Å². The van der Waals surface area contributed by atoms with E-state index >= 15 is 0 Å². The second-order valence-corrected chi connectivity index (χ2v) is 7.04. The maximum Gasteiger partial charge on any atom is 0.161 e. The van der Waals surface area contributed by atoms with Crippen LogP contribution in [0.4, 0.5) is 0 Å². The van der Waals surface area contributed by atoms with Gasteiger partial charge in [-0.2, -0.15) is 0 Å². The average molecular weight is 351 g/mol. The number of phenolic OH excluding ortho intramolecular Hbond substituents is 1. The lowest BCUT2D eigenvalue weighted by atomic mass is 9.86. The summed E-state index contributed by atoms with van der Waals surface area (Å²) in [5, 5.41) is 9.96. The zero-order chi connectivity index (χ0) is 18.1. The molecule has 1 fully saturated rings. The number of rotatable bonds is 4. The smallest absolute Gasteiger partial charge is 0.161 e. The minimum atomic E-state index is 0.178. The molecular weight excluding hydrogens is 326 g/mol. The number of methoxy groups -OCH3 is 2. The molecule has 0 radical (unpaired) electrons. The minimum Gasteiger partial charge on any atom is -0.504 e. The van der Waals surface area contributed by atoms with Crippen LogP contribution in [0.3, 0.4) is 0 Å². The minimum absolute atomic E-state index is 0.178. The average Bonchev–Trinajstić information content (AvgIpc) is 3.15. The Morgan fingerprint density at radius 1 is 0.962 bits per heavy atom. The highest BCUT2D eigenvalue weighted by atomic mass is 16.5. The maximum absolute atomic E-state index is 9.96. The summed E-state index contributed by atoms with van der Waals surface area (Å²) in [4.78, 5) is 2.59. The molecule has 136 valence electrons. The Hall–Kier alpha value is -2.46. The van der Waals surface area contributed by atoms with Crippen molar-refractivity contribution in [1.29, 1.82) is 0 Å². The highest BCUT2D eigenvalue weighted by molar-refractivity contribution is 5.93. The van der Waals surface area contributed by atoms with Crippen LogP contribution in [0, 0.1) is 0 Å². The molecule has 0 aromatic heterocycles. The Balaban J connectivity index is 1.81. The number of phenols is 1. The van der Waals surface area contributed by atoms with Gasteiger partial charge in [-0.3, -0.25) is 4.90 Å². The fourth-order valence-electron chi connectivity index (χ4n) is 4.21. The molecule has 2 aliphatic heterocycles. The van der Waals surface area contributed by atoms with Gasteiger partial charge in [0, 0.05) is 12.6 Å². The van der Waals surface area contributed by atoms with Crippen molar-refractivity contribution in [3.05, 3.63) is 53.6 Å². The highest BCUT2D eigenvalue weighted by Crippen LogP contribution is 2.41. The molecule has 4 rings (SSSR count). The number of hydrogen-bond acceptors (Lipinski definition) is 4. The molecule has 1 saturated heterocycles. The van der Waals surface area contributed by atoms with Crippen molar-refractivity contribution < 1.29 is 14.6 Å².